The van der Waals surface area contributed by atoms with E-state index in [1.165, 1.54) is 18.2 Å². The lowest BCUT2D eigenvalue weighted by molar-refractivity contribution is -0.137. The van der Waals surface area contributed by atoms with Crippen LogP contribution in [0, 0.1) is 6.92 Å². The van der Waals surface area contributed by atoms with Crippen molar-refractivity contribution in [2.24, 2.45) is 0 Å². The third kappa shape index (κ3) is 4.47. The molecule has 2 amide bonds. The van der Waals surface area contributed by atoms with Gasteiger partial charge in [0.15, 0.2) is 5.76 Å². The van der Waals surface area contributed by atoms with E-state index in [2.05, 4.69) is 5.32 Å². The lowest BCUT2D eigenvalue weighted by atomic mass is 10.1. The van der Waals surface area contributed by atoms with Crippen LogP contribution in [0.15, 0.2) is 52.9 Å². The first-order chi connectivity index (χ1) is 15.2. The lowest BCUT2D eigenvalue weighted by Gasteiger charge is -2.34. The Morgan fingerprint density at radius 2 is 1.66 bits per heavy atom. The Morgan fingerprint density at radius 3 is 2.34 bits per heavy atom. The van der Waals surface area contributed by atoms with E-state index in [1.54, 1.807) is 9.80 Å². The van der Waals surface area contributed by atoms with Crippen LogP contribution in [-0.4, -0.2) is 54.3 Å². The van der Waals surface area contributed by atoms with E-state index < -0.39 is 17.6 Å². The van der Waals surface area contributed by atoms with Crippen LogP contribution in [0.5, 0.6) is 0 Å². The van der Waals surface area contributed by atoms with Gasteiger partial charge in [-0.1, -0.05) is 30.3 Å². The van der Waals surface area contributed by atoms with Crippen LogP contribution in [0.3, 0.4) is 0 Å². The van der Waals surface area contributed by atoms with Gasteiger partial charge in [-0.2, -0.15) is 13.2 Å². The molecule has 3 aromatic rings. The summed E-state index contributed by atoms with van der Waals surface area (Å²) in [5, 5.41) is 3.24. The van der Waals surface area contributed by atoms with E-state index in [0.29, 0.717) is 37.5 Å². The van der Waals surface area contributed by atoms with Gasteiger partial charge in [0, 0.05) is 37.1 Å². The van der Waals surface area contributed by atoms with E-state index in [-0.39, 0.29) is 18.1 Å². The first kappa shape index (κ1) is 21.9. The van der Waals surface area contributed by atoms with Crippen molar-refractivity contribution in [1.82, 2.24) is 9.80 Å². The standard InChI is InChI=1S/C23H22F3N3O3/c1-15-16-6-2-5-9-19(16)32-21(15)22(31)29-12-10-28(11-13-29)14-20(30)27-18-8-4-3-7-17(18)23(24,25)26/h2-9H,10-14H2,1H3,(H,27,30). The quantitative estimate of drug-likeness (QED) is 0.655. The van der Waals surface area contributed by atoms with Gasteiger partial charge in [0.2, 0.25) is 5.91 Å². The van der Waals surface area contributed by atoms with Gasteiger partial charge in [-0.25, -0.2) is 0 Å². The molecule has 1 aliphatic heterocycles. The number of benzene rings is 2. The van der Waals surface area contributed by atoms with Crippen molar-refractivity contribution >= 4 is 28.5 Å². The Labute approximate surface area is 182 Å². The second-order valence-electron chi connectivity index (χ2n) is 7.71. The number of halogens is 3. The Morgan fingerprint density at radius 1 is 1.00 bits per heavy atom. The predicted octanol–water partition coefficient (Wildman–Crippen LogP) is 4.16. The largest absolute Gasteiger partial charge is 0.451 e. The number of carbonyl (C=O) groups is 2. The molecule has 1 aromatic heterocycles. The molecule has 0 unspecified atom stereocenters. The van der Waals surface area contributed by atoms with Crippen LogP contribution in [-0.2, 0) is 11.0 Å². The SMILES string of the molecule is Cc1c(C(=O)N2CCN(CC(=O)Nc3ccccc3C(F)(F)F)CC2)oc2ccccc12. The van der Waals surface area contributed by atoms with Crippen LogP contribution >= 0.6 is 0 Å². The Kier molecular flexibility index (Phi) is 5.92. The topological polar surface area (TPSA) is 65.8 Å². The number of piperazine rings is 1. The highest BCUT2D eigenvalue weighted by atomic mass is 19.4. The Hall–Kier alpha value is -3.33. The minimum atomic E-state index is -4.55. The summed E-state index contributed by atoms with van der Waals surface area (Å²) in [5.74, 6) is -0.433. The third-order valence-electron chi connectivity index (χ3n) is 5.57. The number of carbonyl (C=O) groups excluding carboxylic acids is 2. The fraction of sp³-hybridized carbons (Fsp3) is 0.304. The molecule has 0 spiro atoms. The molecular formula is C23H22F3N3O3. The van der Waals surface area contributed by atoms with Crippen LogP contribution in [0.2, 0.25) is 0 Å². The second kappa shape index (κ2) is 8.66. The number of aryl methyl sites for hydroxylation is 1. The number of para-hydroxylation sites is 2. The number of anilines is 1. The van der Waals surface area contributed by atoms with Crippen LogP contribution < -0.4 is 5.32 Å². The number of furan rings is 1. The predicted molar refractivity (Wildman–Crippen MR) is 113 cm³/mol. The highest BCUT2D eigenvalue weighted by Crippen LogP contribution is 2.34. The summed E-state index contributed by atoms with van der Waals surface area (Å²) >= 11 is 0. The summed E-state index contributed by atoms with van der Waals surface area (Å²) in [7, 11) is 0. The molecule has 2 aromatic carbocycles. The van der Waals surface area contributed by atoms with Crippen LogP contribution in [0.1, 0.15) is 21.7 Å². The molecular weight excluding hydrogens is 423 g/mol. The maximum atomic E-state index is 13.1. The molecule has 32 heavy (non-hydrogen) atoms. The van der Waals surface area contributed by atoms with Crippen molar-refractivity contribution in [2.75, 3.05) is 38.0 Å². The van der Waals surface area contributed by atoms with E-state index >= 15 is 0 Å². The molecule has 0 radical (unpaired) electrons. The van der Waals surface area contributed by atoms with Crippen molar-refractivity contribution in [3.05, 3.63) is 65.4 Å². The fourth-order valence-electron chi connectivity index (χ4n) is 3.86. The molecule has 168 valence electrons. The van der Waals surface area contributed by atoms with Crippen molar-refractivity contribution in [2.45, 2.75) is 13.1 Å². The first-order valence-corrected chi connectivity index (χ1v) is 10.2. The van der Waals surface area contributed by atoms with Gasteiger partial charge >= 0.3 is 6.18 Å². The van der Waals surface area contributed by atoms with E-state index in [4.69, 9.17) is 4.42 Å². The smallest absolute Gasteiger partial charge is 0.418 e. The van der Waals surface area contributed by atoms with E-state index in [0.717, 1.165) is 17.0 Å². The highest BCUT2D eigenvalue weighted by molar-refractivity contribution is 5.99. The summed E-state index contributed by atoms with van der Waals surface area (Å²) in [6.07, 6.45) is -4.55. The molecule has 0 bridgehead atoms. The zero-order valence-corrected chi connectivity index (χ0v) is 17.4. The van der Waals surface area contributed by atoms with Crippen molar-refractivity contribution in [3.8, 4) is 0 Å². The van der Waals surface area contributed by atoms with Crippen LogP contribution in [0.25, 0.3) is 11.0 Å². The van der Waals surface area contributed by atoms with Gasteiger partial charge in [-0.3, -0.25) is 14.5 Å². The average Bonchev–Trinajstić information content (AvgIpc) is 3.10. The number of nitrogens with one attached hydrogen (secondary N) is 1. The Balaban J connectivity index is 1.35. The van der Waals surface area contributed by atoms with Gasteiger partial charge in [0.05, 0.1) is 17.8 Å². The van der Waals surface area contributed by atoms with Gasteiger partial charge in [-0.15, -0.1) is 0 Å². The monoisotopic (exact) mass is 445 g/mol. The maximum absolute atomic E-state index is 13.1. The summed E-state index contributed by atoms with van der Waals surface area (Å²) in [5.41, 5.74) is 0.294. The van der Waals surface area contributed by atoms with Crippen molar-refractivity contribution in [1.29, 1.82) is 0 Å². The van der Waals surface area contributed by atoms with E-state index in [1.807, 2.05) is 31.2 Å². The number of fused-ring (bicyclic) bond motifs is 1. The zero-order chi connectivity index (χ0) is 22.9. The number of hydrogen-bond donors (Lipinski definition) is 1. The summed E-state index contributed by atoms with van der Waals surface area (Å²) in [4.78, 5) is 28.7. The molecule has 0 aliphatic carbocycles. The zero-order valence-electron chi connectivity index (χ0n) is 17.4. The number of rotatable bonds is 4. The van der Waals surface area contributed by atoms with Crippen LogP contribution in [0.4, 0.5) is 18.9 Å². The van der Waals surface area contributed by atoms with Gasteiger partial charge in [0.25, 0.3) is 5.91 Å². The molecule has 0 atom stereocenters. The number of hydrogen-bond acceptors (Lipinski definition) is 4. The molecule has 1 aliphatic rings. The molecule has 1 saturated heterocycles. The second-order valence-corrected chi connectivity index (χ2v) is 7.71. The van der Waals surface area contributed by atoms with Gasteiger partial charge in [-0.05, 0) is 25.1 Å². The normalized spacial score (nSPS) is 15.2. The molecule has 0 saturated carbocycles. The van der Waals surface area contributed by atoms with Gasteiger partial charge in [0.1, 0.15) is 5.58 Å². The number of amides is 2. The third-order valence-corrected chi connectivity index (χ3v) is 5.57. The molecule has 6 nitrogen and oxygen atoms in total. The number of nitrogens with zero attached hydrogens (tertiary/aromatic N) is 2. The Bertz CT molecular complexity index is 1150. The molecule has 2 heterocycles. The van der Waals surface area contributed by atoms with Crippen molar-refractivity contribution in [3.63, 3.8) is 0 Å². The maximum Gasteiger partial charge on any atom is 0.418 e. The average molecular weight is 445 g/mol. The summed E-state index contributed by atoms with van der Waals surface area (Å²) in [6.45, 7) is 3.43. The minimum absolute atomic E-state index is 0.0577. The minimum Gasteiger partial charge on any atom is -0.451 e. The molecule has 4 rings (SSSR count). The fourth-order valence-corrected chi connectivity index (χ4v) is 3.86. The van der Waals surface area contributed by atoms with E-state index in [9.17, 15) is 22.8 Å². The molecule has 1 N–H and O–H groups in total. The summed E-state index contributed by atoms with van der Waals surface area (Å²) in [6, 6.07) is 12.3. The number of alkyl halides is 3. The first-order valence-electron chi connectivity index (χ1n) is 10.2. The lowest BCUT2D eigenvalue weighted by Crippen LogP contribution is -2.50. The summed E-state index contributed by atoms with van der Waals surface area (Å²) < 4.78 is 45.1. The molecule has 1 fully saturated rings. The highest BCUT2D eigenvalue weighted by Gasteiger charge is 2.34. The van der Waals surface area contributed by atoms with Gasteiger partial charge < -0.3 is 14.6 Å². The van der Waals surface area contributed by atoms with Crippen molar-refractivity contribution < 1.29 is 27.2 Å². The molecule has 9 heteroatoms.